The normalized spacial score (nSPS) is 24.3. The number of allylic oxidation sites excluding steroid dienone is 1. The van der Waals surface area contributed by atoms with Gasteiger partial charge in [0.15, 0.2) is 0 Å². The van der Waals surface area contributed by atoms with Crippen LogP contribution in [0.1, 0.15) is 80.3 Å². The number of rotatable bonds is 13. The molecular weight excluding hydrogens is 636 g/mol. The van der Waals surface area contributed by atoms with Gasteiger partial charge in [0.2, 0.25) is 10.0 Å². The Morgan fingerprint density at radius 3 is 2.79 bits per heavy atom. The molecule has 0 radical (unpaired) electrons. The Bertz CT molecular complexity index is 1580. The molecule has 1 amide bonds. The molecule has 0 saturated heterocycles. The van der Waals surface area contributed by atoms with Crippen LogP contribution in [0.2, 0.25) is 5.02 Å². The summed E-state index contributed by atoms with van der Waals surface area (Å²) >= 11 is 6.41. The summed E-state index contributed by atoms with van der Waals surface area (Å²) in [5.41, 5.74) is 3.16. The van der Waals surface area contributed by atoms with Crippen molar-refractivity contribution in [1.29, 1.82) is 0 Å². The van der Waals surface area contributed by atoms with Crippen LogP contribution in [0.4, 0.5) is 5.69 Å². The average Bonchev–Trinajstić information content (AvgIpc) is 3.18. The summed E-state index contributed by atoms with van der Waals surface area (Å²) in [7, 11) is -2.60. The molecular formula is C37H49ClN2O6S. The number of sulfonamides is 1. The predicted molar refractivity (Wildman–Crippen MR) is 188 cm³/mol. The van der Waals surface area contributed by atoms with Crippen molar-refractivity contribution >= 4 is 33.2 Å². The summed E-state index contributed by atoms with van der Waals surface area (Å²) in [4.78, 5) is 15.8. The Balaban J connectivity index is 1.47. The third-order valence-corrected chi connectivity index (χ3v) is 12.4. The van der Waals surface area contributed by atoms with E-state index in [0.29, 0.717) is 31.9 Å². The van der Waals surface area contributed by atoms with Gasteiger partial charge in [-0.1, -0.05) is 49.2 Å². The molecule has 2 aliphatic carbocycles. The van der Waals surface area contributed by atoms with E-state index < -0.39 is 33.4 Å². The van der Waals surface area contributed by atoms with Crippen LogP contribution in [0, 0.1) is 11.8 Å². The van der Waals surface area contributed by atoms with Crippen LogP contribution in [-0.2, 0) is 26.6 Å². The largest absolute Gasteiger partial charge is 0.490 e. The monoisotopic (exact) mass is 684 g/mol. The van der Waals surface area contributed by atoms with Gasteiger partial charge in [0, 0.05) is 36.2 Å². The van der Waals surface area contributed by atoms with E-state index in [4.69, 9.17) is 21.1 Å². The van der Waals surface area contributed by atoms with E-state index in [-0.39, 0.29) is 22.8 Å². The topological polar surface area (TPSA) is 105 Å². The molecule has 256 valence electrons. The minimum atomic E-state index is -4.05. The minimum Gasteiger partial charge on any atom is -0.490 e. The Morgan fingerprint density at radius 1 is 1.28 bits per heavy atom. The summed E-state index contributed by atoms with van der Waals surface area (Å²) in [6.45, 7) is 9.15. The highest BCUT2D eigenvalue weighted by atomic mass is 35.5. The molecule has 5 rings (SSSR count). The van der Waals surface area contributed by atoms with E-state index in [1.165, 1.54) is 25.2 Å². The first-order chi connectivity index (χ1) is 22.5. The molecule has 0 aromatic heterocycles. The van der Waals surface area contributed by atoms with Crippen molar-refractivity contribution < 1.29 is 27.8 Å². The number of amides is 1. The molecule has 3 aliphatic rings. The fraction of sp³-hybridized carbons (Fsp3) is 0.541. The van der Waals surface area contributed by atoms with Crippen LogP contribution in [0.15, 0.2) is 61.2 Å². The number of carbonyl (C=O) groups is 1. The molecule has 6 atom stereocenters. The second-order valence-corrected chi connectivity index (χ2v) is 15.9. The molecule has 1 spiro atoms. The standard InChI is InChI=1S/C37H49ClN2O6S/c1-5-7-8-12-33(41)30-16-13-28(30)22-40-23-37(19-9-11-26-20-29(38)15-17-31(26)37)24-46-35-18-14-27(21-32(35)40)36(42)39-47(43,44)25(3)34(45-4)10-6-2/h6,8,12,14-15,17-18,20-21,25,28,30,33-34,41H,2,5,7,9-11,13,16,19,22-24H2,1,3-4H3,(H,39,42)/b12-8+/t25-,28-,30+,33-,34+,37-/m0/s1. The Hall–Kier alpha value is -2.85. The number of aryl methyl sites for hydroxylation is 1. The number of aliphatic hydroxyl groups is 1. The van der Waals surface area contributed by atoms with Gasteiger partial charge in [-0.25, -0.2) is 13.1 Å². The van der Waals surface area contributed by atoms with Gasteiger partial charge in [-0.05, 0) is 105 Å². The quantitative estimate of drug-likeness (QED) is 0.229. The summed E-state index contributed by atoms with van der Waals surface area (Å²) in [6, 6.07) is 11.3. The van der Waals surface area contributed by atoms with Gasteiger partial charge in [-0.15, -0.1) is 6.58 Å². The fourth-order valence-electron chi connectivity index (χ4n) is 7.48. The lowest BCUT2D eigenvalue weighted by molar-refractivity contribution is 0.0456. The summed E-state index contributed by atoms with van der Waals surface area (Å²) in [6.07, 6.45) is 11.6. The van der Waals surface area contributed by atoms with E-state index in [9.17, 15) is 18.3 Å². The number of anilines is 1. The Morgan fingerprint density at radius 2 is 2.09 bits per heavy atom. The van der Waals surface area contributed by atoms with Crippen molar-refractivity contribution in [3.8, 4) is 5.75 Å². The SMILES string of the molecule is C=CC[C@@H](OC)[C@H](C)S(=O)(=O)NC(=O)c1ccc2c(c1)N(C[C@@H]1CC[C@H]1[C@@H](O)/C=C/CCC)C[C@@]1(CCCc3cc(Cl)ccc31)CO2. The van der Waals surface area contributed by atoms with Gasteiger partial charge in [0.25, 0.3) is 5.91 Å². The number of ether oxygens (including phenoxy) is 2. The van der Waals surface area contributed by atoms with Crippen molar-refractivity contribution in [2.24, 2.45) is 11.8 Å². The maximum atomic E-state index is 13.5. The first-order valence-electron chi connectivity index (χ1n) is 16.9. The van der Waals surface area contributed by atoms with Crippen LogP contribution in [0.3, 0.4) is 0 Å². The number of unbranched alkanes of at least 4 members (excludes halogenated alkanes) is 1. The zero-order valence-corrected chi connectivity index (χ0v) is 29.4. The van der Waals surface area contributed by atoms with E-state index in [2.05, 4.69) is 41.3 Å². The van der Waals surface area contributed by atoms with Crippen LogP contribution in [0.5, 0.6) is 5.75 Å². The lowest BCUT2D eigenvalue weighted by Crippen LogP contribution is -2.49. The second kappa shape index (κ2) is 15.1. The molecule has 8 nitrogen and oxygen atoms in total. The van der Waals surface area contributed by atoms with Crippen molar-refractivity contribution in [2.75, 3.05) is 31.7 Å². The predicted octanol–water partition coefficient (Wildman–Crippen LogP) is 6.60. The number of fused-ring (bicyclic) bond motifs is 3. The first kappa shape index (κ1) is 35.5. The Labute approximate surface area is 285 Å². The first-order valence-corrected chi connectivity index (χ1v) is 18.8. The van der Waals surface area contributed by atoms with Crippen molar-refractivity contribution in [1.82, 2.24) is 4.72 Å². The van der Waals surface area contributed by atoms with Crippen LogP contribution >= 0.6 is 11.6 Å². The lowest BCUT2D eigenvalue weighted by atomic mass is 9.68. The lowest BCUT2D eigenvalue weighted by Gasteiger charge is -2.45. The minimum absolute atomic E-state index is 0.145. The van der Waals surface area contributed by atoms with Crippen LogP contribution in [-0.4, -0.2) is 63.7 Å². The van der Waals surface area contributed by atoms with E-state index >= 15 is 0 Å². The average molecular weight is 685 g/mol. The number of halogens is 1. The van der Waals surface area contributed by atoms with Gasteiger partial charge in [-0.2, -0.15) is 0 Å². The number of methoxy groups -OCH3 is 1. The molecule has 2 N–H and O–H groups in total. The maximum absolute atomic E-state index is 13.5. The van der Waals surface area contributed by atoms with Gasteiger partial charge < -0.3 is 19.5 Å². The molecule has 10 heteroatoms. The highest BCUT2D eigenvalue weighted by Crippen LogP contribution is 2.46. The van der Waals surface area contributed by atoms with Crippen molar-refractivity contribution in [3.63, 3.8) is 0 Å². The van der Waals surface area contributed by atoms with E-state index in [1.807, 2.05) is 12.1 Å². The molecule has 1 saturated carbocycles. The maximum Gasteiger partial charge on any atom is 0.264 e. The van der Waals surface area contributed by atoms with Crippen LogP contribution in [0.25, 0.3) is 0 Å². The third kappa shape index (κ3) is 7.74. The fourth-order valence-corrected chi connectivity index (χ4v) is 8.86. The number of aliphatic hydroxyl groups excluding tert-OH is 1. The summed E-state index contributed by atoms with van der Waals surface area (Å²) < 4.78 is 40.6. The van der Waals surface area contributed by atoms with Crippen molar-refractivity contribution in [2.45, 2.75) is 88.1 Å². The number of hydrogen-bond acceptors (Lipinski definition) is 7. The third-order valence-electron chi connectivity index (χ3n) is 10.4. The van der Waals surface area contributed by atoms with Gasteiger partial charge in [0.05, 0.1) is 24.5 Å². The van der Waals surface area contributed by atoms with Gasteiger partial charge >= 0.3 is 0 Å². The molecule has 47 heavy (non-hydrogen) atoms. The highest BCUT2D eigenvalue weighted by Gasteiger charge is 2.44. The van der Waals surface area contributed by atoms with Crippen LogP contribution < -0.4 is 14.4 Å². The molecule has 1 fully saturated rings. The summed E-state index contributed by atoms with van der Waals surface area (Å²) in [5, 5.41) is 10.8. The number of nitrogens with zero attached hydrogens (tertiary/aromatic N) is 1. The molecule has 2 aromatic rings. The smallest absolute Gasteiger partial charge is 0.264 e. The molecule has 0 unspecified atom stereocenters. The highest BCUT2D eigenvalue weighted by molar-refractivity contribution is 7.90. The van der Waals surface area contributed by atoms with Gasteiger partial charge in [-0.3, -0.25) is 4.79 Å². The van der Waals surface area contributed by atoms with E-state index in [0.717, 1.165) is 55.7 Å². The Kier molecular flexibility index (Phi) is 11.4. The number of carbonyl (C=O) groups excluding carboxylic acids is 1. The molecule has 2 aromatic carbocycles. The zero-order valence-electron chi connectivity index (χ0n) is 27.8. The molecule has 0 bridgehead atoms. The number of hydrogen-bond donors (Lipinski definition) is 2. The van der Waals surface area contributed by atoms with Gasteiger partial charge in [0.1, 0.15) is 11.0 Å². The number of nitrogens with one attached hydrogen (secondary N) is 1. The molecule has 1 aliphatic heterocycles. The van der Waals surface area contributed by atoms with E-state index in [1.54, 1.807) is 24.3 Å². The number of benzene rings is 2. The zero-order chi connectivity index (χ0) is 33.8. The molecule has 1 heterocycles. The second-order valence-electron chi connectivity index (χ2n) is 13.5. The summed E-state index contributed by atoms with van der Waals surface area (Å²) in [5.74, 6) is 0.344. The van der Waals surface area contributed by atoms with Crippen molar-refractivity contribution in [3.05, 3.63) is 82.9 Å².